The molecule has 2 heterocycles. The Labute approximate surface area is 108 Å². The summed E-state index contributed by atoms with van der Waals surface area (Å²) in [5.41, 5.74) is 0. The summed E-state index contributed by atoms with van der Waals surface area (Å²) in [4.78, 5) is 2.28. The third-order valence-electron chi connectivity index (χ3n) is 3.38. The van der Waals surface area contributed by atoms with Gasteiger partial charge >= 0.3 is 0 Å². The molecular formula is C12H24N2O2S. The van der Waals surface area contributed by atoms with Crippen LogP contribution in [-0.4, -0.2) is 73.1 Å². The normalized spacial score (nSPS) is 29.1. The second kappa shape index (κ2) is 7.59. The van der Waals surface area contributed by atoms with Gasteiger partial charge in [-0.1, -0.05) is 0 Å². The highest BCUT2D eigenvalue weighted by Gasteiger charge is 2.17. The minimum absolute atomic E-state index is 0.250. The number of thioether (sulfide) groups is 1. The van der Waals surface area contributed by atoms with Crippen LogP contribution in [0.25, 0.3) is 0 Å². The first-order valence-electron chi connectivity index (χ1n) is 6.64. The Morgan fingerprint density at radius 3 is 2.94 bits per heavy atom. The van der Waals surface area contributed by atoms with E-state index in [0.717, 1.165) is 39.4 Å². The highest BCUT2D eigenvalue weighted by atomic mass is 32.2. The zero-order valence-electron chi connectivity index (χ0n) is 10.4. The molecular weight excluding hydrogens is 236 g/mol. The molecule has 0 saturated carbocycles. The summed E-state index contributed by atoms with van der Waals surface area (Å²) in [6.45, 7) is 5.02. The molecule has 2 aliphatic heterocycles. The third-order valence-corrected chi connectivity index (χ3v) is 4.59. The number of aliphatic hydroxyl groups is 1. The summed E-state index contributed by atoms with van der Waals surface area (Å²) >= 11 is 2.02. The molecule has 0 radical (unpaired) electrons. The van der Waals surface area contributed by atoms with Gasteiger partial charge in [0.25, 0.3) is 0 Å². The van der Waals surface area contributed by atoms with Crippen LogP contribution in [0.2, 0.25) is 0 Å². The molecule has 5 heteroatoms. The van der Waals surface area contributed by atoms with E-state index in [0.29, 0.717) is 6.04 Å². The number of hydrogen-bond acceptors (Lipinski definition) is 5. The van der Waals surface area contributed by atoms with Crippen molar-refractivity contribution in [2.24, 2.45) is 0 Å². The van der Waals surface area contributed by atoms with Gasteiger partial charge < -0.3 is 15.2 Å². The lowest BCUT2D eigenvalue weighted by atomic mass is 10.2. The Bertz CT molecular complexity index is 207. The minimum atomic E-state index is -0.250. The molecule has 2 rings (SSSR count). The van der Waals surface area contributed by atoms with Crippen LogP contribution < -0.4 is 5.32 Å². The zero-order valence-corrected chi connectivity index (χ0v) is 11.3. The number of nitrogens with zero attached hydrogens (tertiary/aromatic N) is 1. The lowest BCUT2D eigenvalue weighted by Gasteiger charge is -2.29. The lowest BCUT2D eigenvalue weighted by molar-refractivity contribution is 0.0145. The van der Waals surface area contributed by atoms with Gasteiger partial charge in [0.05, 0.1) is 19.3 Å². The van der Waals surface area contributed by atoms with Crippen molar-refractivity contribution in [3.8, 4) is 0 Å². The van der Waals surface area contributed by atoms with Gasteiger partial charge in [-0.15, -0.1) is 0 Å². The van der Waals surface area contributed by atoms with Gasteiger partial charge in [-0.25, -0.2) is 0 Å². The highest BCUT2D eigenvalue weighted by molar-refractivity contribution is 7.99. The second-order valence-electron chi connectivity index (χ2n) is 4.89. The molecule has 2 fully saturated rings. The van der Waals surface area contributed by atoms with Gasteiger partial charge in [-0.3, -0.25) is 4.90 Å². The molecule has 0 aliphatic carbocycles. The summed E-state index contributed by atoms with van der Waals surface area (Å²) < 4.78 is 5.29. The standard InChI is InChI=1S/C12H24N2O2S/c15-12(9-14-3-5-16-6-4-14)8-13-11-2-1-7-17-10-11/h11-13,15H,1-10H2. The molecule has 0 bridgehead atoms. The van der Waals surface area contributed by atoms with Crippen molar-refractivity contribution in [1.29, 1.82) is 0 Å². The van der Waals surface area contributed by atoms with Crippen LogP contribution in [0, 0.1) is 0 Å². The van der Waals surface area contributed by atoms with E-state index in [-0.39, 0.29) is 6.10 Å². The molecule has 0 amide bonds. The highest BCUT2D eigenvalue weighted by Crippen LogP contribution is 2.16. The molecule has 0 spiro atoms. The topological polar surface area (TPSA) is 44.7 Å². The summed E-state index contributed by atoms with van der Waals surface area (Å²) in [5, 5.41) is 13.5. The average molecular weight is 260 g/mol. The van der Waals surface area contributed by atoms with Gasteiger partial charge in [-0.05, 0) is 18.6 Å². The minimum Gasteiger partial charge on any atom is -0.390 e. The van der Waals surface area contributed by atoms with Crippen molar-refractivity contribution < 1.29 is 9.84 Å². The first kappa shape index (κ1) is 13.6. The van der Waals surface area contributed by atoms with E-state index in [4.69, 9.17) is 4.74 Å². The summed E-state index contributed by atoms with van der Waals surface area (Å²) in [6, 6.07) is 0.605. The van der Waals surface area contributed by atoms with Gasteiger partial charge in [0.1, 0.15) is 0 Å². The molecule has 2 unspecified atom stereocenters. The first-order chi connectivity index (χ1) is 8.34. The quantitative estimate of drug-likeness (QED) is 0.737. The summed E-state index contributed by atoms with van der Waals surface area (Å²) in [5.74, 6) is 2.50. The van der Waals surface area contributed by atoms with Crippen molar-refractivity contribution in [2.45, 2.75) is 25.0 Å². The molecule has 0 aromatic heterocycles. The van der Waals surface area contributed by atoms with Gasteiger partial charge in [0, 0.05) is 38.0 Å². The van der Waals surface area contributed by atoms with E-state index < -0.39 is 0 Å². The maximum atomic E-state index is 9.98. The number of aliphatic hydroxyl groups excluding tert-OH is 1. The van der Waals surface area contributed by atoms with Gasteiger partial charge in [0.15, 0.2) is 0 Å². The molecule has 4 nitrogen and oxygen atoms in total. The third kappa shape index (κ3) is 5.14. The SMILES string of the molecule is OC(CNC1CCCSC1)CN1CCOCC1. The van der Waals surface area contributed by atoms with Crippen LogP contribution in [0.5, 0.6) is 0 Å². The van der Waals surface area contributed by atoms with Crippen LogP contribution in [0.1, 0.15) is 12.8 Å². The predicted octanol–water partition coefficient (Wildman–Crippen LogP) is 0.165. The lowest BCUT2D eigenvalue weighted by Crippen LogP contribution is -2.46. The number of morpholine rings is 1. The van der Waals surface area contributed by atoms with Crippen LogP contribution in [0.4, 0.5) is 0 Å². The van der Waals surface area contributed by atoms with E-state index in [1.54, 1.807) is 0 Å². The van der Waals surface area contributed by atoms with Crippen molar-refractivity contribution in [2.75, 3.05) is 50.9 Å². The summed E-state index contributed by atoms with van der Waals surface area (Å²) in [7, 11) is 0. The van der Waals surface area contributed by atoms with E-state index in [1.807, 2.05) is 11.8 Å². The molecule has 17 heavy (non-hydrogen) atoms. The fourth-order valence-electron chi connectivity index (χ4n) is 2.35. The fraction of sp³-hybridized carbons (Fsp3) is 1.00. The van der Waals surface area contributed by atoms with E-state index in [1.165, 1.54) is 24.3 Å². The fourth-order valence-corrected chi connectivity index (χ4v) is 3.46. The summed E-state index contributed by atoms with van der Waals surface area (Å²) in [6.07, 6.45) is 2.32. The number of rotatable bonds is 5. The monoisotopic (exact) mass is 260 g/mol. The van der Waals surface area contributed by atoms with E-state index >= 15 is 0 Å². The maximum Gasteiger partial charge on any atom is 0.0791 e. The second-order valence-corrected chi connectivity index (χ2v) is 6.04. The van der Waals surface area contributed by atoms with Crippen molar-refractivity contribution in [1.82, 2.24) is 10.2 Å². The van der Waals surface area contributed by atoms with Crippen molar-refractivity contribution in [3.63, 3.8) is 0 Å². The molecule has 0 aromatic rings. The number of nitrogens with one attached hydrogen (secondary N) is 1. The van der Waals surface area contributed by atoms with E-state index in [2.05, 4.69) is 10.2 Å². The Hall–Kier alpha value is 0.190. The Morgan fingerprint density at radius 2 is 2.24 bits per heavy atom. The number of ether oxygens (including phenoxy) is 1. The molecule has 2 atom stereocenters. The first-order valence-corrected chi connectivity index (χ1v) is 7.79. The molecule has 0 aromatic carbocycles. The van der Waals surface area contributed by atoms with Gasteiger partial charge in [0.2, 0.25) is 0 Å². The zero-order chi connectivity index (χ0) is 11.9. The van der Waals surface area contributed by atoms with Crippen molar-refractivity contribution >= 4 is 11.8 Å². The largest absolute Gasteiger partial charge is 0.390 e. The van der Waals surface area contributed by atoms with Crippen LogP contribution >= 0.6 is 11.8 Å². The molecule has 100 valence electrons. The van der Waals surface area contributed by atoms with E-state index in [9.17, 15) is 5.11 Å². The Balaban J connectivity index is 1.57. The predicted molar refractivity (Wildman–Crippen MR) is 71.6 cm³/mol. The maximum absolute atomic E-state index is 9.98. The Morgan fingerprint density at radius 1 is 1.41 bits per heavy atom. The van der Waals surface area contributed by atoms with Crippen molar-refractivity contribution in [3.05, 3.63) is 0 Å². The Kier molecular flexibility index (Phi) is 6.08. The average Bonchev–Trinajstić information content (AvgIpc) is 2.39. The molecule has 2 N–H and O–H groups in total. The van der Waals surface area contributed by atoms with Crippen LogP contribution in [0.15, 0.2) is 0 Å². The van der Waals surface area contributed by atoms with Crippen LogP contribution in [-0.2, 0) is 4.74 Å². The number of hydrogen-bond donors (Lipinski definition) is 2. The van der Waals surface area contributed by atoms with Gasteiger partial charge in [-0.2, -0.15) is 11.8 Å². The van der Waals surface area contributed by atoms with Crippen LogP contribution in [0.3, 0.4) is 0 Å². The smallest absolute Gasteiger partial charge is 0.0791 e. The number of β-amino-alcohol motifs (C(OH)–C–C–N with tert-alkyl or cyclic N) is 1. The molecule has 2 aliphatic rings. The molecule has 2 saturated heterocycles.